The van der Waals surface area contributed by atoms with Crippen LogP contribution in [-0.2, 0) is 0 Å². The summed E-state index contributed by atoms with van der Waals surface area (Å²) in [5.41, 5.74) is 1.24. The summed E-state index contributed by atoms with van der Waals surface area (Å²) < 4.78 is 5.75. The molecule has 26 heavy (non-hydrogen) atoms. The molecule has 0 amide bonds. The number of halogens is 2. The summed E-state index contributed by atoms with van der Waals surface area (Å²) in [6.07, 6.45) is 3.56. The minimum absolute atomic E-state index is 0.0349. The lowest BCUT2D eigenvalue weighted by Gasteiger charge is -2.10. The number of nitro groups is 1. The van der Waals surface area contributed by atoms with Crippen LogP contribution in [0.15, 0.2) is 36.5 Å². The molecule has 1 fully saturated rings. The third kappa shape index (κ3) is 3.02. The van der Waals surface area contributed by atoms with Crippen LogP contribution < -0.4 is 4.74 Å². The van der Waals surface area contributed by atoms with Crippen LogP contribution in [0.2, 0.25) is 10.0 Å². The zero-order valence-corrected chi connectivity index (χ0v) is 14.8. The van der Waals surface area contributed by atoms with Crippen molar-refractivity contribution in [1.29, 1.82) is 0 Å². The molecule has 8 heteroatoms. The van der Waals surface area contributed by atoms with Crippen molar-refractivity contribution in [1.82, 2.24) is 4.98 Å². The number of aromatic nitrogens is 1. The van der Waals surface area contributed by atoms with E-state index in [0.29, 0.717) is 11.3 Å². The first-order chi connectivity index (χ1) is 12.4. The largest absolute Gasteiger partial charge is 0.454 e. The van der Waals surface area contributed by atoms with Gasteiger partial charge in [0.25, 0.3) is 5.69 Å². The number of hydrogen-bond donors (Lipinski definition) is 1. The fraction of sp³-hybridized carbons (Fsp3) is 0.167. The SMILES string of the molecule is O=C(c1c[nH]c2ccc(Oc3c(Cl)cc([N+](=O)[O-])cc3Cl)cc12)C1CC1. The van der Waals surface area contributed by atoms with Gasteiger partial charge in [0.05, 0.1) is 15.0 Å². The van der Waals surface area contributed by atoms with E-state index in [4.69, 9.17) is 27.9 Å². The zero-order chi connectivity index (χ0) is 18.4. The van der Waals surface area contributed by atoms with Crippen LogP contribution in [0.1, 0.15) is 23.2 Å². The summed E-state index contributed by atoms with van der Waals surface area (Å²) >= 11 is 12.2. The van der Waals surface area contributed by atoms with E-state index >= 15 is 0 Å². The first-order valence-corrected chi connectivity index (χ1v) is 8.66. The van der Waals surface area contributed by atoms with Gasteiger partial charge in [0, 0.05) is 40.7 Å². The van der Waals surface area contributed by atoms with Crippen molar-refractivity contribution in [3.63, 3.8) is 0 Å². The molecule has 0 radical (unpaired) electrons. The van der Waals surface area contributed by atoms with Gasteiger partial charge in [-0.3, -0.25) is 14.9 Å². The Kier molecular flexibility index (Phi) is 4.09. The average Bonchev–Trinajstić information content (AvgIpc) is 3.37. The quantitative estimate of drug-likeness (QED) is 0.340. The molecule has 1 N–H and O–H groups in total. The number of ketones is 1. The molecule has 0 bridgehead atoms. The maximum Gasteiger partial charge on any atom is 0.272 e. The highest BCUT2D eigenvalue weighted by Crippen LogP contribution is 2.40. The van der Waals surface area contributed by atoms with Crippen LogP contribution in [0.5, 0.6) is 11.5 Å². The molecule has 1 aliphatic rings. The summed E-state index contributed by atoms with van der Waals surface area (Å²) in [7, 11) is 0. The molecule has 6 nitrogen and oxygen atoms in total. The van der Waals surface area contributed by atoms with Gasteiger partial charge in [0.15, 0.2) is 11.5 Å². The summed E-state index contributed by atoms with van der Waals surface area (Å²) in [6.45, 7) is 0. The number of nitrogens with one attached hydrogen (secondary N) is 1. The molecule has 0 aliphatic heterocycles. The van der Waals surface area contributed by atoms with Gasteiger partial charge in [0.2, 0.25) is 0 Å². The maximum atomic E-state index is 12.4. The van der Waals surface area contributed by atoms with Gasteiger partial charge in [-0.25, -0.2) is 0 Å². The number of hydrogen-bond acceptors (Lipinski definition) is 4. The average molecular weight is 391 g/mol. The molecule has 0 spiro atoms. The normalized spacial score (nSPS) is 13.8. The maximum absolute atomic E-state index is 12.4. The number of non-ortho nitro benzene ring substituents is 1. The molecule has 3 aromatic rings. The molecular weight excluding hydrogens is 379 g/mol. The van der Waals surface area contributed by atoms with E-state index in [9.17, 15) is 14.9 Å². The smallest absolute Gasteiger partial charge is 0.272 e. The van der Waals surface area contributed by atoms with E-state index in [1.807, 2.05) is 0 Å². The fourth-order valence-electron chi connectivity index (χ4n) is 2.80. The van der Waals surface area contributed by atoms with Crippen LogP contribution in [0.3, 0.4) is 0 Å². The molecule has 1 heterocycles. The van der Waals surface area contributed by atoms with Crippen molar-refractivity contribution in [2.75, 3.05) is 0 Å². The lowest BCUT2D eigenvalue weighted by Crippen LogP contribution is -1.99. The highest BCUT2D eigenvalue weighted by atomic mass is 35.5. The Balaban J connectivity index is 1.70. The predicted molar refractivity (Wildman–Crippen MR) is 98.5 cm³/mol. The number of aromatic amines is 1. The number of Topliss-reactive ketones (excluding diaryl/α,β-unsaturated/α-hetero) is 1. The van der Waals surface area contributed by atoms with Crippen LogP contribution in [0.25, 0.3) is 10.9 Å². The van der Waals surface area contributed by atoms with Gasteiger partial charge < -0.3 is 9.72 Å². The van der Waals surface area contributed by atoms with Crippen molar-refractivity contribution < 1.29 is 14.5 Å². The standard InChI is InChI=1S/C18H12Cl2N2O4/c19-14-5-10(22(24)25)6-15(20)18(14)26-11-3-4-16-12(7-11)13(8-21-16)17(23)9-1-2-9/h3-9,21H,1-2H2. The van der Waals surface area contributed by atoms with Gasteiger partial charge in [-0.2, -0.15) is 0 Å². The van der Waals surface area contributed by atoms with E-state index in [1.165, 1.54) is 12.1 Å². The number of fused-ring (bicyclic) bond motifs is 1. The minimum Gasteiger partial charge on any atom is -0.454 e. The number of nitrogens with zero attached hydrogens (tertiary/aromatic N) is 1. The van der Waals surface area contributed by atoms with Gasteiger partial charge >= 0.3 is 0 Å². The van der Waals surface area contributed by atoms with Gasteiger partial charge in [-0.1, -0.05) is 23.2 Å². The summed E-state index contributed by atoms with van der Waals surface area (Å²) in [5.74, 6) is 0.792. The Bertz CT molecular complexity index is 1030. The molecule has 0 atom stereocenters. The van der Waals surface area contributed by atoms with Crippen molar-refractivity contribution in [3.05, 3.63) is 62.3 Å². The van der Waals surface area contributed by atoms with Crippen LogP contribution in [0, 0.1) is 16.0 Å². The number of rotatable bonds is 5. The first-order valence-electron chi connectivity index (χ1n) is 7.90. The number of nitro benzene ring substituents is 1. The second-order valence-corrected chi connectivity index (χ2v) is 6.96. The summed E-state index contributed by atoms with van der Waals surface area (Å²) in [6, 6.07) is 7.59. The number of carbonyl (C=O) groups is 1. The molecule has 1 aliphatic carbocycles. The molecule has 0 unspecified atom stereocenters. The second-order valence-electron chi connectivity index (χ2n) is 6.15. The molecular formula is C18H12Cl2N2O4. The first kappa shape index (κ1) is 16.9. The Morgan fingerprint density at radius 2 is 1.88 bits per heavy atom. The van der Waals surface area contributed by atoms with Crippen LogP contribution >= 0.6 is 23.2 Å². The van der Waals surface area contributed by atoms with Crippen molar-refractivity contribution >= 4 is 45.6 Å². The second kappa shape index (κ2) is 6.30. The van der Waals surface area contributed by atoms with E-state index in [1.54, 1.807) is 24.4 Å². The van der Waals surface area contributed by atoms with Crippen molar-refractivity contribution in [3.8, 4) is 11.5 Å². The number of ether oxygens (including phenoxy) is 1. The fourth-order valence-corrected chi connectivity index (χ4v) is 3.35. The predicted octanol–water partition coefficient (Wildman–Crippen LogP) is 5.77. The number of benzene rings is 2. The molecule has 4 rings (SSSR count). The molecule has 1 aromatic heterocycles. The van der Waals surface area contributed by atoms with Gasteiger partial charge in [0.1, 0.15) is 5.75 Å². The van der Waals surface area contributed by atoms with E-state index in [2.05, 4.69) is 4.98 Å². The number of carbonyl (C=O) groups excluding carboxylic acids is 1. The third-order valence-electron chi connectivity index (χ3n) is 4.28. The molecule has 1 saturated carbocycles. The van der Waals surface area contributed by atoms with Crippen molar-refractivity contribution in [2.24, 2.45) is 5.92 Å². The molecule has 132 valence electrons. The minimum atomic E-state index is -0.580. The Morgan fingerprint density at radius 1 is 1.19 bits per heavy atom. The summed E-state index contributed by atoms with van der Waals surface area (Å²) in [4.78, 5) is 25.8. The Labute approximate surface area is 157 Å². The van der Waals surface area contributed by atoms with Crippen molar-refractivity contribution in [2.45, 2.75) is 12.8 Å². The van der Waals surface area contributed by atoms with Crippen LogP contribution in [-0.4, -0.2) is 15.7 Å². The summed E-state index contributed by atoms with van der Waals surface area (Å²) in [5, 5.41) is 11.7. The highest BCUT2D eigenvalue weighted by molar-refractivity contribution is 6.37. The Hall–Kier alpha value is -2.57. The number of H-pyrrole nitrogens is 1. The lowest BCUT2D eigenvalue weighted by molar-refractivity contribution is -0.384. The highest BCUT2D eigenvalue weighted by Gasteiger charge is 2.31. The van der Waals surface area contributed by atoms with Gasteiger partial charge in [-0.05, 0) is 31.0 Å². The zero-order valence-electron chi connectivity index (χ0n) is 13.3. The topological polar surface area (TPSA) is 85.2 Å². The van der Waals surface area contributed by atoms with E-state index < -0.39 is 4.92 Å². The van der Waals surface area contributed by atoms with E-state index in [-0.39, 0.29) is 33.2 Å². The van der Waals surface area contributed by atoms with Gasteiger partial charge in [-0.15, -0.1) is 0 Å². The lowest BCUT2D eigenvalue weighted by atomic mass is 10.1. The van der Waals surface area contributed by atoms with Crippen LogP contribution in [0.4, 0.5) is 5.69 Å². The molecule has 0 saturated heterocycles. The molecule has 2 aromatic carbocycles. The third-order valence-corrected chi connectivity index (χ3v) is 4.84. The Morgan fingerprint density at radius 3 is 2.50 bits per heavy atom. The monoisotopic (exact) mass is 390 g/mol. The van der Waals surface area contributed by atoms with E-state index in [0.717, 1.165) is 23.7 Å².